The first-order valence-corrected chi connectivity index (χ1v) is 9.39. The largest absolute Gasteiger partial charge is 0.494 e. The van der Waals surface area contributed by atoms with E-state index in [-0.39, 0.29) is 5.78 Å². The average molecular weight is 414 g/mol. The molecule has 0 amide bonds. The van der Waals surface area contributed by atoms with Gasteiger partial charge in [-0.25, -0.2) is 4.79 Å². The number of carbonyl (C=O) groups excluding carboxylic acids is 2. The highest BCUT2D eigenvalue weighted by atomic mass is 16.5. The fraction of sp³-hybridized carbons (Fsp3) is 0.304. The summed E-state index contributed by atoms with van der Waals surface area (Å²) in [6.45, 7) is 3.95. The average Bonchev–Trinajstić information content (AvgIpc) is 2.76. The van der Waals surface area contributed by atoms with Gasteiger partial charge in [0.15, 0.2) is 17.6 Å². The summed E-state index contributed by atoms with van der Waals surface area (Å²) >= 11 is 0. The van der Waals surface area contributed by atoms with Crippen LogP contribution in [0.15, 0.2) is 42.5 Å². The lowest BCUT2D eigenvalue weighted by atomic mass is 10.1. The van der Waals surface area contributed by atoms with E-state index in [1.807, 2.05) is 6.92 Å². The van der Waals surface area contributed by atoms with Crippen LogP contribution in [0.25, 0.3) is 6.08 Å². The van der Waals surface area contributed by atoms with Crippen LogP contribution in [0.1, 0.15) is 29.8 Å². The van der Waals surface area contributed by atoms with Gasteiger partial charge in [-0.2, -0.15) is 0 Å². The standard InChI is InChI=1S/C23H26O7/c1-6-29-18-10-8-17(9-11-18)22(25)15(2)30-21(24)12-7-16-13-19(26-3)23(28-5)20(14-16)27-4/h7-15H,6H2,1-5H3/b12-7+/t15-/m1/s1. The molecule has 2 aromatic rings. The van der Waals surface area contributed by atoms with Gasteiger partial charge in [-0.05, 0) is 61.9 Å². The lowest BCUT2D eigenvalue weighted by Crippen LogP contribution is -2.23. The Morgan fingerprint density at radius 1 is 0.967 bits per heavy atom. The van der Waals surface area contributed by atoms with Gasteiger partial charge in [0.2, 0.25) is 11.5 Å². The molecule has 30 heavy (non-hydrogen) atoms. The number of hydrogen-bond donors (Lipinski definition) is 0. The van der Waals surface area contributed by atoms with Crippen molar-refractivity contribution >= 4 is 17.8 Å². The minimum absolute atomic E-state index is 0.299. The van der Waals surface area contributed by atoms with E-state index in [1.54, 1.807) is 42.5 Å². The lowest BCUT2D eigenvalue weighted by Gasteiger charge is -2.13. The molecule has 1 atom stereocenters. The molecule has 0 saturated heterocycles. The molecule has 0 aliphatic rings. The van der Waals surface area contributed by atoms with Crippen LogP contribution in [0.5, 0.6) is 23.0 Å². The molecule has 0 saturated carbocycles. The Morgan fingerprint density at radius 2 is 1.57 bits per heavy atom. The Hall–Kier alpha value is -3.48. The summed E-state index contributed by atoms with van der Waals surface area (Å²) < 4.78 is 26.4. The third-order valence-corrected chi connectivity index (χ3v) is 4.21. The van der Waals surface area contributed by atoms with Gasteiger partial charge < -0.3 is 23.7 Å². The van der Waals surface area contributed by atoms with E-state index >= 15 is 0 Å². The van der Waals surface area contributed by atoms with Gasteiger partial charge in [-0.1, -0.05) is 0 Å². The molecule has 2 aromatic carbocycles. The first kappa shape index (κ1) is 22.8. The SMILES string of the molecule is CCOc1ccc(C(=O)[C@@H](C)OC(=O)/C=C/c2cc(OC)c(OC)c(OC)c2)cc1. The maximum atomic E-state index is 12.5. The van der Waals surface area contributed by atoms with E-state index in [1.165, 1.54) is 34.3 Å². The second-order valence-electron chi connectivity index (χ2n) is 6.19. The van der Waals surface area contributed by atoms with E-state index in [0.717, 1.165) is 0 Å². The van der Waals surface area contributed by atoms with Crippen molar-refractivity contribution in [3.8, 4) is 23.0 Å². The third kappa shape index (κ3) is 5.76. The monoisotopic (exact) mass is 414 g/mol. The number of esters is 1. The molecule has 7 nitrogen and oxygen atoms in total. The van der Waals surface area contributed by atoms with Crippen molar-refractivity contribution in [1.29, 1.82) is 0 Å². The summed E-state index contributed by atoms with van der Waals surface area (Å²) in [5, 5.41) is 0. The number of benzene rings is 2. The molecule has 0 radical (unpaired) electrons. The van der Waals surface area contributed by atoms with Crippen molar-refractivity contribution in [3.63, 3.8) is 0 Å². The Bertz CT molecular complexity index is 875. The number of methoxy groups -OCH3 is 3. The molecule has 0 aliphatic heterocycles. The van der Waals surface area contributed by atoms with E-state index in [9.17, 15) is 9.59 Å². The zero-order valence-corrected chi connectivity index (χ0v) is 17.8. The predicted molar refractivity (Wildman–Crippen MR) is 113 cm³/mol. The molecule has 160 valence electrons. The Balaban J connectivity index is 2.05. The van der Waals surface area contributed by atoms with Crippen molar-refractivity contribution in [3.05, 3.63) is 53.6 Å². The quantitative estimate of drug-likeness (QED) is 0.331. The van der Waals surface area contributed by atoms with Crippen LogP contribution < -0.4 is 18.9 Å². The smallest absolute Gasteiger partial charge is 0.331 e. The molecule has 0 aromatic heterocycles. The summed E-state index contributed by atoms with van der Waals surface area (Å²) in [5.41, 5.74) is 1.08. The van der Waals surface area contributed by atoms with Crippen LogP contribution in [0.3, 0.4) is 0 Å². The van der Waals surface area contributed by atoms with Gasteiger partial charge in [-0.15, -0.1) is 0 Å². The normalized spacial score (nSPS) is 11.6. The molecule has 0 fully saturated rings. The van der Waals surface area contributed by atoms with Gasteiger partial charge in [0, 0.05) is 11.6 Å². The molecule has 7 heteroatoms. The molecule has 2 rings (SSSR count). The summed E-state index contributed by atoms with van der Waals surface area (Å²) in [4.78, 5) is 24.6. The molecular formula is C23H26O7. The Morgan fingerprint density at radius 3 is 2.07 bits per heavy atom. The topological polar surface area (TPSA) is 80.3 Å². The van der Waals surface area contributed by atoms with Crippen molar-refractivity contribution in [2.24, 2.45) is 0 Å². The first-order chi connectivity index (χ1) is 14.4. The summed E-state index contributed by atoms with van der Waals surface area (Å²) in [7, 11) is 4.52. The second-order valence-corrected chi connectivity index (χ2v) is 6.19. The van der Waals surface area contributed by atoms with Crippen molar-refractivity contribution in [2.75, 3.05) is 27.9 Å². The maximum Gasteiger partial charge on any atom is 0.331 e. The minimum Gasteiger partial charge on any atom is -0.494 e. The third-order valence-electron chi connectivity index (χ3n) is 4.21. The van der Waals surface area contributed by atoms with E-state index < -0.39 is 12.1 Å². The Kier molecular flexibility index (Phi) is 8.29. The van der Waals surface area contributed by atoms with Crippen molar-refractivity contribution in [2.45, 2.75) is 20.0 Å². The van der Waals surface area contributed by atoms with Gasteiger partial charge in [0.25, 0.3) is 0 Å². The van der Waals surface area contributed by atoms with E-state index in [0.29, 0.717) is 40.7 Å². The zero-order chi connectivity index (χ0) is 22.1. The number of ketones is 1. The number of Topliss-reactive ketones (excluding diaryl/α,β-unsaturated/α-hetero) is 1. The maximum absolute atomic E-state index is 12.5. The summed E-state index contributed by atoms with van der Waals surface area (Å²) in [6, 6.07) is 10.1. The summed E-state index contributed by atoms with van der Waals surface area (Å²) in [5.74, 6) is 1.11. The number of rotatable bonds is 10. The molecule has 0 bridgehead atoms. The fourth-order valence-corrected chi connectivity index (χ4v) is 2.75. The van der Waals surface area contributed by atoms with Crippen LogP contribution in [0, 0.1) is 0 Å². The van der Waals surface area contributed by atoms with Gasteiger partial charge in [0.1, 0.15) is 5.75 Å². The fourth-order valence-electron chi connectivity index (χ4n) is 2.75. The van der Waals surface area contributed by atoms with Crippen molar-refractivity contribution in [1.82, 2.24) is 0 Å². The number of carbonyl (C=O) groups is 2. The highest BCUT2D eigenvalue weighted by molar-refractivity contribution is 6.01. The highest BCUT2D eigenvalue weighted by Crippen LogP contribution is 2.38. The molecule has 0 N–H and O–H groups in total. The van der Waals surface area contributed by atoms with Crippen LogP contribution in [-0.2, 0) is 9.53 Å². The molecule has 0 unspecified atom stereocenters. The number of ether oxygens (including phenoxy) is 5. The van der Waals surface area contributed by atoms with Crippen LogP contribution in [-0.4, -0.2) is 45.8 Å². The summed E-state index contributed by atoms with van der Waals surface area (Å²) in [6.07, 6.45) is 1.85. The van der Waals surface area contributed by atoms with E-state index in [2.05, 4.69) is 0 Å². The highest BCUT2D eigenvalue weighted by Gasteiger charge is 2.19. The number of hydrogen-bond acceptors (Lipinski definition) is 7. The van der Waals surface area contributed by atoms with Crippen LogP contribution in [0.4, 0.5) is 0 Å². The predicted octanol–water partition coefficient (Wildman–Crippen LogP) is 3.94. The molecule has 0 spiro atoms. The molecule has 0 aliphatic carbocycles. The first-order valence-electron chi connectivity index (χ1n) is 9.39. The van der Waals surface area contributed by atoms with Crippen molar-refractivity contribution < 1.29 is 33.3 Å². The zero-order valence-electron chi connectivity index (χ0n) is 17.8. The van der Waals surface area contributed by atoms with Crippen LogP contribution >= 0.6 is 0 Å². The lowest BCUT2D eigenvalue weighted by molar-refractivity contribution is -0.140. The molecular weight excluding hydrogens is 388 g/mol. The Labute approximate surface area is 176 Å². The van der Waals surface area contributed by atoms with Gasteiger partial charge >= 0.3 is 5.97 Å². The van der Waals surface area contributed by atoms with Crippen LogP contribution in [0.2, 0.25) is 0 Å². The second kappa shape index (κ2) is 10.9. The molecule has 0 heterocycles. The van der Waals surface area contributed by atoms with Gasteiger partial charge in [0.05, 0.1) is 27.9 Å². The minimum atomic E-state index is -0.931. The van der Waals surface area contributed by atoms with E-state index in [4.69, 9.17) is 23.7 Å². The van der Waals surface area contributed by atoms with Gasteiger partial charge in [-0.3, -0.25) is 4.79 Å².